The first-order chi connectivity index (χ1) is 12.2. The molecule has 2 heterocycles. The topological polar surface area (TPSA) is 62.6 Å². The molecule has 0 saturated carbocycles. The lowest BCUT2D eigenvalue weighted by molar-refractivity contribution is -0.149. The molecule has 0 radical (unpaired) electrons. The molecule has 0 atom stereocenters. The van der Waals surface area contributed by atoms with Crippen LogP contribution >= 0.6 is 11.6 Å². The average molecular weight is 379 g/mol. The largest absolute Gasteiger partial charge is 0.485 e. The molecule has 0 amide bonds. The molecule has 0 N–H and O–H groups in total. The summed E-state index contributed by atoms with van der Waals surface area (Å²) in [5, 5.41) is 4.19. The van der Waals surface area contributed by atoms with Crippen LogP contribution in [-0.2, 0) is 27.4 Å². The SMILES string of the molecule is CC1(c2ccc(COc3cnn(C(C)(C)C)c(=O)c3Cl)cc2)OCCO1. The van der Waals surface area contributed by atoms with Crippen molar-refractivity contribution in [2.45, 2.75) is 45.6 Å². The minimum atomic E-state index is -0.690. The number of nitrogens with zero attached hydrogens (tertiary/aromatic N) is 2. The van der Waals surface area contributed by atoms with E-state index >= 15 is 0 Å². The first-order valence-electron chi connectivity index (χ1n) is 8.49. The quantitative estimate of drug-likeness (QED) is 0.815. The van der Waals surface area contributed by atoms with Crippen LogP contribution in [0.25, 0.3) is 0 Å². The minimum absolute atomic E-state index is 0.0341. The van der Waals surface area contributed by atoms with Gasteiger partial charge in [0.1, 0.15) is 6.61 Å². The fourth-order valence-corrected chi connectivity index (χ4v) is 2.93. The third-order valence-electron chi connectivity index (χ3n) is 4.23. The zero-order valence-electron chi connectivity index (χ0n) is 15.4. The highest BCUT2D eigenvalue weighted by atomic mass is 35.5. The minimum Gasteiger partial charge on any atom is -0.485 e. The van der Waals surface area contributed by atoms with Crippen molar-refractivity contribution >= 4 is 11.6 Å². The summed E-state index contributed by atoms with van der Waals surface area (Å²) in [5.74, 6) is -0.417. The number of aromatic nitrogens is 2. The van der Waals surface area contributed by atoms with Crippen LogP contribution in [0.2, 0.25) is 5.02 Å². The molecule has 6 nitrogen and oxygen atoms in total. The van der Waals surface area contributed by atoms with Gasteiger partial charge in [0.05, 0.1) is 24.9 Å². The molecule has 3 rings (SSSR count). The predicted molar refractivity (Wildman–Crippen MR) is 98.5 cm³/mol. The van der Waals surface area contributed by atoms with E-state index in [1.54, 1.807) is 0 Å². The second-order valence-electron chi connectivity index (χ2n) is 7.34. The standard InChI is InChI=1S/C19H23ClN2O4/c1-18(2,3)22-17(23)16(20)15(11-21-22)24-12-13-5-7-14(8-6-13)19(4)25-9-10-26-19/h5-8,11H,9-10,12H2,1-4H3. The fraction of sp³-hybridized carbons (Fsp3) is 0.474. The van der Waals surface area contributed by atoms with E-state index < -0.39 is 11.3 Å². The smallest absolute Gasteiger partial charge is 0.289 e. The molecule has 1 aromatic carbocycles. The monoisotopic (exact) mass is 378 g/mol. The van der Waals surface area contributed by atoms with Crippen molar-refractivity contribution in [3.8, 4) is 5.75 Å². The summed E-state index contributed by atoms with van der Waals surface area (Å²) in [6.07, 6.45) is 1.48. The van der Waals surface area contributed by atoms with E-state index in [2.05, 4.69) is 5.10 Å². The summed E-state index contributed by atoms with van der Waals surface area (Å²) in [6.45, 7) is 9.02. The van der Waals surface area contributed by atoms with Gasteiger partial charge in [0.2, 0.25) is 0 Å². The van der Waals surface area contributed by atoms with Crippen LogP contribution < -0.4 is 10.3 Å². The van der Waals surface area contributed by atoms with E-state index in [1.807, 2.05) is 52.0 Å². The second-order valence-corrected chi connectivity index (χ2v) is 7.72. The van der Waals surface area contributed by atoms with Crippen molar-refractivity contribution in [2.24, 2.45) is 0 Å². The van der Waals surface area contributed by atoms with E-state index in [0.29, 0.717) is 13.2 Å². The lowest BCUT2D eigenvalue weighted by atomic mass is 10.1. The molecule has 0 unspecified atom stereocenters. The Morgan fingerprint density at radius 3 is 2.42 bits per heavy atom. The highest BCUT2D eigenvalue weighted by Crippen LogP contribution is 2.31. The Hall–Kier alpha value is -1.89. The van der Waals surface area contributed by atoms with Crippen molar-refractivity contribution in [1.82, 2.24) is 9.78 Å². The zero-order chi connectivity index (χ0) is 18.9. The van der Waals surface area contributed by atoms with Gasteiger partial charge in [0, 0.05) is 5.56 Å². The average Bonchev–Trinajstić information content (AvgIpc) is 3.03. The van der Waals surface area contributed by atoms with Crippen LogP contribution in [0.1, 0.15) is 38.8 Å². The Labute approximate surface area is 157 Å². The van der Waals surface area contributed by atoms with E-state index in [0.717, 1.165) is 11.1 Å². The molecule has 26 heavy (non-hydrogen) atoms. The van der Waals surface area contributed by atoms with Gasteiger partial charge in [-0.3, -0.25) is 4.79 Å². The Kier molecular flexibility index (Phi) is 5.10. The number of rotatable bonds is 4. The molecule has 0 bridgehead atoms. The van der Waals surface area contributed by atoms with Gasteiger partial charge in [0.15, 0.2) is 16.6 Å². The molecule has 0 spiro atoms. The lowest BCUT2D eigenvalue weighted by Gasteiger charge is -2.23. The summed E-state index contributed by atoms with van der Waals surface area (Å²) in [5.41, 5.74) is 1.07. The van der Waals surface area contributed by atoms with Gasteiger partial charge in [-0.1, -0.05) is 35.9 Å². The van der Waals surface area contributed by atoms with Gasteiger partial charge in [-0.25, -0.2) is 4.68 Å². The summed E-state index contributed by atoms with van der Waals surface area (Å²) in [7, 11) is 0. The van der Waals surface area contributed by atoms with Crippen molar-refractivity contribution in [1.29, 1.82) is 0 Å². The van der Waals surface area contributed by atoms with E-state index in [1.165, 1.54) is 10.9 Å². The van der Waals surface area contributed by atoms with Gasteiger partial charge in [0.25, 0.3) is 5.56 Å². The van der Waals surface area contributed by atoms with Crippen LogP contribution in [0.5, 0.6) is 5.75 Å². The third kappa shape index (κ3) is 3.77. The third-order valence-corrected chi connectivity index (χ3v) is 4.58. The Morgan fingerprint density at radius 2 is 1.85 bits per heavy atom. The molecule has 140 valence electrons. The van der Waals surface area contributed by atoms with Crippen molar-refractivity contribution in [3.05, 3.63) is 57.0 Å². The van der Waals surface area contributed by atoms with Crippen LogP contribution in [0.3, 0.4) is 0 Å². The van der Waals surface area contributed by atoms with Crippen molar-refractivity contribution in [2.75, 3.05) is 13.2 Å². The molecule has 1 aliphatic rings. The van der Waals surface area contributed by atoms with Gasteiger partial charge in [-0.05, 0) is 33.3 Å². The summed E-state index contributed by atoms with van der Waals surface area (Å²) < 4.78 is 18.3. The van der Waals surface area contributed by atoms with Gasteiger partial charge in [-0.15, -0.1) is 0 Å². The summed E-state index contributed by atoms with van der Waals surface area (Å²) in [4.78, 5) is 12.3. The van der Waals surface area contributed by atoms with Crippen LogP contribution in [0.4, 0.5) is 0 Å². The molecular weight excluding hydrogens is 356 g/mol. The highest BCUT2D eigenvalue weighted by Gasteiger charge is 2.32. The maximum atomic E-state index is 12.3. The summed E-state index contributed by atoms with van der Waals surface area (Å²) >= 11 is 6.17. The Bertz CT molecular complexity index is 834. The molecule has 1 aliphatic heterocycles. The number of hydrogen-bond acceptors (Lipinski definition) is 5. The molecular formula is C19H23ClN2O4. The van der Waals surface area contributed by atoms with Crippen molar-refractivity contribution < 1.29 is 14.2 Å². The second kappa shape index (κ2) is 7.02. The Balaban J connectivity index is 1.71. The lowest BCUT2D eigenvalue weighted by Crippen LogP contribution is -2.36. The molecule has 0 aliphatic carbocycles. The Morgan fingerprint density at radius 1 is 1.23 bits per heavy atom. The summed E-state index contributed by atoms with van der Waals surface area (Å²) in [6, 6.07) is 7.76. The molecule has 1 aromatic heterocycles. The number of ether oxygens (including phenoxy) is 3. The van der Waals surface area contributed by atoms with Crippen LogP contribution in [-0.4, -0.2) is 23.0 Å². The molecule has 7 heteroatoms. The van der Waals surface area contributed by atoms with E-state index in [-0.39, 0.29) is 22.9 Å². The molecule has 1 saturated heterocycles. The van der Waals surface area contributed by atoms with Gasteiger partial charge < -0.3 is 14.2 Å². The maximum absolute atomic E-state index is 12.3. The highest BCUT2D eigenvalue weighted by molar-refractivity contribution is 6.31. The van der Waals surface area contributed by atoms with Crippen LogP contribution in [0, 0.1) is 0 Å². The number of benzene rings is 1. The predicted octanol–water partition coefficient (Wildman–Crippen LogP) is 3.45. The number of hydrogen-bond donors (Lipinski definition) is 0. The maximum Gasteiger partial charge on any atom is 0.289 e. The van der Waals surface area contributed by atoms with Crippen molar-refractivity contribution in [3.63, 3.8) is 0 Å². The first-order valence-corrected chi connectivity index (χ1v) is 8.87. The molecule has 2 aromatic rings. The normalized spacial score (nSPS) is 16.7. The zero-order valence-corrected chi connectivity index (χ0v) is 16.2. The van der Waals surface area contributed by atoms with E-state index in [9.17, 15) is 4.79 Å². The van der Waals surface area contributed by atoms with Gasteiger partial charge in [-0.2, -0.15) is 5.10 Å². The van der Waals surface area contributed by atoms with Crippen LogP contribution in [0.15, 0.2) is 35.3 Å². The first kappa shape index (κ1) is 18.9. The molecule has 1 fully saturated rings. The fourth-order valence-electron chi connectivity index (χ4n) is 2.74. The van der Waals surface area contributed by atoms with E-state index in [4.69, 9.17) is 25.8 Å². The van der Waals surface area contributed by atoms with Gasteiger partial charge >= 0.3 is 0 Å². The number of halogens is 1.